The summed E-state index contributed by atoms with van der Waals surface area (Å²) in [6.45, 7) is -0.919. The van der Waals surface area contributed by atoms with Gasteiger partial charge in [-0.1, -0.05) is 0 Å². The summed E-state index contributed by atoms with van der Waals surface area (Å²) in [4.78, 5) is 34.0. The average molecular weight is 367 g/mol. The van der Waals surface area contributed by atoms with Crippen LogP contribution in [0.25, 0.3) is 0 Å². The number of carboxylic acids is 1. The van der Waals surface area contributed by atoms with Gasteiger partial charge in [0.25, 0.3) is 5.79 Å². The number of carboxylic acid groups (broad SMARTS) is 1. The maximum Gasteiger partial charge on any atom is 0.364 e. The van der Waals surface area contributed by atoms with Crippen LogP contribution in [0.4, 0.5) is 0 Å². The fourth-order valence-corrected chi connectivity index (χ4v) is 2.44. The van der Waals surface area contributed by atoms with Gasteiger partial charge in [-0.3, -0.25) is 9.59 Å². The number of aliphatic hydroxyl groups excluding tert-OH is 4. The predicted octanol–water partition coefficient (Wildman–Crippen LogP) is -4.33. The highest BCUT2D eigenvalue weighted by atomic mass is 16.7. The van der Waals surface area contributed by atoms with Gasteiger partial charge >= 0.3 is 11.9 Å². The summed E-state index contributed by atoms with van der Waals surface area (Å²) < 4.78 is 9.83. The van der Waals surface area contributed by atoms with E-state index >= 15 is 0 Å². The van der Waals surface area contributed by atoms with E-state index < -0.39 is 73.7 Å². The van der Waals surface area contributed by atoms with Gasteiger partial charge in [0.2, 0.25) is 5.91 Å². The highest BCUT2D eigenvalue weighted by molar-refractivity contribution is 5.78. The molecule has 12 nitrogen and oxygen atoms in total. The monoisotopic (exact) mass is 367 g/mol. The van der Waals surface area contributed by atoms with Crippen molar-refractivity contribution < 1.29 is 54.5 Å². The zero-order chi connectivity index (χ0) is 19.4. The SMILES string of the molecule is CC(=O)O[C@H]1C[C@@](O)(C(=O)O)O[C@@H]([C@H](O)[C@H](O)CO)[C@@H]1NC(=O)CO. The molecule has 1 amide bonds. The first-order chi connectivity index (χ1) is 11.6. The normalized spacial score (nSPS) is 31.7. The van der Waals surface area contributed by atoms with Crippen LogP contribution < -0.4 is 5.32 Å². The molecule has 1 fully saturated rings. The molecule has 1 rings (SSSR count). The third-order valence-corrected chi connectivity index (χ3v) is 3.60. The van der Waals surface area contributed by atoms with Gasteiger partial charge in [-0.2, -0.15) is 0 Å². The van der Waals surface area contributed by atoms with Gasteiger partial charge in [0.15, 0.2) is 0 Å². The van der Waals surface area contributed by atoms with Gasteiger partial charge in [-0.05, 0) is 0 Å². The van der Waals surface area contributed by atoms with E-state index in [1.165, 1.54) is 0 Å². The second kappa shape index (κ2) is 8.51. The van der Waals surface area contributed by atoms with E-state index in [0.29, 0.717) is 0 Å². The Balaban J connectivity index is 3.27. The number of rotatable bonds is 7. The molecular weight excluding hydrogens is 346 g/mol. The van der Waals surface area contributed by atoms with Crippen LogP contribution in [0.2, 0.25) is 0 Å². The van der Waals surface area contributed by atoms with Crippen LogP contribution in [0.15, 0.2) is 0 Å². The van der Waals surface area contributed by atoms with Crippen molar-refractivity contribution in [3.05, 3.63) is 0 Å². The molecule has 0 aromatic heterocycles. The third-order valence-electron chi connectivity index (χ3n) is 3.60. The highest BCUT2D eigenvalue weighted by Gasteiger charge is 2.55. The van der Waals surface area contributed by atoms with E-state index in [9.17, 15) is 29.7 Å². The minimum Gasteiger partial charge on any atom is -0.477 e. The van der Waals surface area contributed by atoms with E-state index in [2.05, 4.69) is 5.32 Å². The molecule has 0 spiro atoms. The molecule has 1 aliphatic rings. The molecule has 1 heterocycles. The molecule has 1 saturated heterocycles. The van der Waals surface area contributed by atoms with Gasteiger partial charge in [-0.25, -0.2) is 4.79 Å². The van der Waals surface area contributed by atoms with Crippen molar-refractivity contribution in [1.29, 1.82) is 0 Å². The second-order valence-electron chi connectivity index (χ2n) is 5.52. The van der Waals surface area contributed by atoms with Crippen molar-refractivity contribution in [2.24, 2.45) is 0 Å². The van der Waals surface area contributed by atoms with Crippen LogP contribution >= 0.6 is 0 Å². The van der Waals surface area contributed by atoms with Gasteiger partial charge in [0.05, 0.1) is 19.1 Å². The van der Waals surface area contributed by atoms with Gasteiger partial charge in [0.1, 0.15) is 31.0 Å². The number of carbonyl (C=O) groups is 3. The summed E-state index contributed by atoms with van der Waals surface area (Å²) in [5, 5.41) is 58.8. The lowest BCUT2D eigenvalue weighted by Crippen LogP contribution is -2.68. The number of ether oxygens (including phenoxy) is 2. The maximum atomic E-state index is 11.5. The molecule has 144 valence electrons. The van der Waals surface area contributed by atoms with Crippen LogP contribution in [0, 0.1) is 0 Å². The molecule has 0 saturated carbocycles. The van der Waals surface area contributed by atoms with Crippen molar-refractivity contribution in [2.75, 3.05) is 13.2 Å². The zero-order valence-corrected chi connectivity index (χ0v) is 13.2. The Morgan fingerprint density at radius 2 is 1.92 bits per heavy atom. The number of amides is 1. The molecule has 25 heavy (non-hydrogen) atoms. The lowest BCUT2D eigenvalue weighted by molar-refractivity contribution is -0.296. The fraction of sp³-hybridized carbons (Fsp3) is 0.769. The van der Waals surface area contributed by atoms with E-state index in [-0.39, 0.29) is 0 Å². The smallest absolute Gasteiger partial charge is 0.364 e. The predicted molar refractivity (Wildman–Crippen MR) is 75.7 cm³/mol. The van der Waals surface area contributed by atoms with Gasteiger partial charge in [-0.15, -0.1) is 0 Å². The Hall–Kier alpha value is -1.83. The number of nitrogens with one attached hydrogen (secondary N) is 1. The van der Waals surface area contributed by atoms with Crippen molar-refractivity contribution in [3.63, 3.8) is 0 Å². The molecule has 12 heteroatoms. The first-order valence-corrected chi connectivity index (χ1v) is 7.23. The number of hydrogen-bond donors (Lipinski definition) is 7. The molecule has 0 aliphatic carbocycles. The van der Waals surface area contributed by atoms with Gasteiger partial charge < -0.3 is 45.4 Å². The zero-order valence-electron chi connectivity index (χ0n) is 13.2. The van der Waals surface area contributed by atoms with E-state index in [1.807, 2.05) is 0 Å². The van der Waals surface area contributed by atoms with E-state index in [0.717, 1.165) is 6.92 Å². The van der Waals surface area contributed by atoms with E-state index in [1.54, 1.807) is 0 Å². The number of carbonyl (C=O) groups excluding carboxylic acids is 2. The molecule has 1 aliphatic heterocycles. The van der Waals surface area contributed by atoms with Crippen molar-refractivity contribution in [2.45, 2.75) is 49.6 Å². The third kappa shape index (κ3) is 5.07. The lowest BCUT2D eigenvalue weighted by Gasteiger charge is -2.45. The van der Waals surface area contributed by atoms with Crippen LogP contribution in [-0.4, -0.2) is 97.9 Å². The largest absolute Gasteiger partial charge is 0.477 e. The standard InChI is InChI=1S/C13H21NO11/c1-5(17)24-7-2-13(23,12(21)22)25-11(10(20)6(18)3-15)9(7)14-8(19)4-16/h6-7,9-11,15-16,18,20,23H,2-4H2,1H3,(H,14,19)(H,21,22)/t6-,7+,9-,10-,11-,13+/m1/s1. The Labute approximate surface area is 141 Å². The summed E-state index contributed by atoms with van der Waals surface area (Å²) in [7, 11) is 0. The number of hydrogen-bond acceptors (Lipinski definition) is 10. The summed E-state index contributed by atoms with van der Waals surface area (Å²) in [6.07, 6.45) is -7.81. The molecule has 6 atom stereocenters. The first kappa shape index (κ1) is 21.2. The Morgan fingerprint density at radius 3 is 2.36 bits per heavy atom. The van der Waals surface area contributed by atoms with Crippen LogP contribution in [0.1, 0.15) is 13.3 Å². The minimum atomic E-state index is -2.89. The van der Waals surface area contributed by atoms with Gasteiger partial charge in [0, 0.05) is 6.92 Å². The second-order valence-corrected chi connectivity index (χ2v) is 5.52. The molecule has 0 radical (unpaired) electrons. The average Bonchev–Trinajstić information content (AvgIpc) is 2.54. The number of aliphatic carboxylic acids is 1. The van der Waals surface area contributed by atoms with Crippen LogP contribution in [0.5, 0.6) is 0 Å². The van der Waals surface area contributed by atoms with Crippen molar-refractivity contribution >= 4 is 17.8 Å². The maximum absolute atomic E-state index is 11.5. The number of aliphatic hydroxyl groups is 5. The summed E-state index contributed by atoms with van der Waals surface area (Å²) in [5.41, 5.74) is 0. The Bertz CT molecular complexity index is 512. The summed E-state index contributed by atoms with van der Waals surface area (Å²) in [6, 6.07) is -1.42. The Morgan fingerprint density at radius 1 is 1.32 bits per heavy atom. The number of esters is 1. The van der Waals surface area contributed by atoms with E-state index in [4.69, 9.17) is 24.8 Å². The highest BCUT2D eigenvalue weighted by Crippen LogP contribution is 2.32. The quantitative estimate of drug-likeness (QED) is 0.214. The summed E-state index contributed by atoms with van der Waals surface area (Å²) in [5.74, 6) is -6.59. The molecule has 0 aromatic carbocycles. The molecular formula is C13H21NO11. The molecule has 0 bridgehead atoms. The molecule has 7 N–H and O–H groups in total. The Kier molecular flexibility index (Phi) is 7.22. The lowest BCUT2D eigenvalue weighted by atomic mass is 9.88. The minimum absolute atomic E-state index is 0.795. The fourth-order valence-electron chi connectivity index (χ4n) is 2.44. The van der Waals surface area contributed by atoms with Crippen LogP contribution in [-0.2, 0) is 23.9 Å². The topological polar surface area (TPSA) is 203 Å². The van der Waals surface area contributed by atoms with Crippen molar-refractivity contribution in [1.82, 2.24) is 5.32 Å². The molecule has 0 aromatic rings. The van der Waals surface area contributed by atoms with Crippen LogP contribution in [0.3, 0.4) is 0 Å². The molecule has 0 unspecified atom stereocenters. The first-order valence-electron chi connectivity index (χ1n) is 7.23. The van der Waals surface area contributed by atoms with Crippen molar-refractivity contribution in [3.8, 4) is 0 Å². The summed E-state index contributed by atoms with van der Waals surface area (Å²) >= 11 is 0.